The van der Waals surface area contributed by atoms with Crippen molar-refractivity contribution in [3.8, 4) is 0 Å². The van der Waals surface area contributed by atoms with Crippen molar-refractivity contribution >= 4 is 38.6 Å². The fraction of sp³-hybridized carbons (Fsp3) is 0.583. The second-order valence-corrected chi connectivity index (χ2v) is 8.14. The number of hydrogen-bond donors (Lipinski definition) is 1. The molecule has 0 aliphatic rings. The second-order valence-electron chi connectivity index (χ2n) is 4.45. The van der Waals surface area contributed by atoms with Gasteiger partial charge in [-0.05, 0) is 18.1 Å². The van der Waals surface area contributed by atoms with Gasteiger partial charge in [-0.3, -0.25) is 0 Å². The fourth-order valence-electron chi connectivity index (χ4n) is 1.59. The van der Waals surface area contributed by atoms with Crippen molar-refractivity contribution in [3.05, 3.63) is 17.0 Å². The number of thiocarbonyl (C=S) groups is 1. The van der Waals surface area contributed by atoms with E-state index in [1.54, 1.807) is 12.1 Å². The predicted octanol–water partition coefficient (Wildman–Crippen LogP) is 2.44. The Morgan fingerprint density at radius 2 is 2.11 bits per heavy atom. The molecular weight excluding hydrogens is 300 g/mol. The molecule has 0 bridgehead atoms. The second kappa shape index (κ2) is 6.78. The lowest BCUT2D eigenvalue weighted by Gasteiger charge is -2.22. The zero-order valence-corrected chi connectivity index (χ0v) is 13.9. The SMILES string of the molecule is CCC(C)CN(CC)S(=O)(=O)c1ccc(C(N)=S)s1. The third-order valence-electron chi connectivity index (χ3n) is 2.98. The molecular formula is C12H20N2O2S3. The van der Waals surface area contributed by atoms with Gasteiger partial charge in [0.1, 0.15) is 9.20 Å². The van der Waals surface area contributed by atoms with E-state index in [2.05, 4.69) is 6.92 Å². The van der Waals surface area contributed by atoms with Gasteiger partial charge in [-0.2, -0.15) is 4.31 Å². The first-order valence-corrected chi connectivity index (χ1v) is 8.89. The number of sulfonamides is 1. The quantitative estimate of drug-likeness (QED) is 0.784. The van der Waals surface area contributed by atoms with Crippen molar-refractivity contribution in [1.82, 2.24) is 4.31 Å². The molecule has 0 saturated heterocycles. The zero-order valence-electron chi connectivity index (χ0n) is 11.4. The van der Waals surface area contributed by atoms with E-state index in [1.165, 1.54) is 4.31 Å². The van der Waals surface area contributed by atoms with Gasteiger partial charge in [-0.15, -0.1) is 11.3 Å². The maximum Gasteiger partial charge on any atom is 0.252 e. The fourth-order valence-corrected chi connectivity index (χ4v) is 4.67. The van der Waals surface area contributed by atoms with Gasteiger partial charge in [0.2, 0.25) is 0 Å². The topological polar surface area (TPSA) is 63.4 Å². The Bertz CT molecular complexity index is 537. The summed E-state index contributed by atoms with van der Waals surface area (Å²) in [4.78, 5) is 0.865. The van der Waals surface area contributed by atoms with E-state index >= 15 is 0 Å². The summed E-state index contributed by atoms with van der Waals surface area (Å²) in [5.41, 5.74) is 5.51. The molecule has 7 heteroatoms. The van der Waals surface area contributed by atoms with E-state index in [-0.39, 0.29) is 4.99 Å². The van der Waals surface area contributed by atoms with Gasteiger partial charge in [0.25, 0.3) is 10.0 Å². The molecule has 2 N–H and O–H groups in total. The van der Waals surface area contributed by atoms with Crippen LogP contribution in [0.25, 0.3) is 0 Å². The van der Waals surface area contributed by atoms with Crippen molar-refractivity contribution in [2.75, 3.05) is 13.1 Å². The molecule has 0 radical (unpaired) electrons. The molecule has 1 atom stereocenters. The summed E-state index contributed by atoms with van der Waals surface area (Å²) in [5, 5.41) is 0. The van der Waals surface area contributed by atoms with Crippen LogP contribution < -0.4 is 5.73 Å². The maximum atomic E-state index is 12.5. The first-order chi connectivity index (χ1) is 8.82. The molecule has 0 saturated carbocycles. The van der Waals surface area contributed by atoms with E-state index in [0.717, 1.165) is 17.8 Å². The highest BCUT2D eigenvalue weighted by Gasteiger charge is 2.26. The molecule has 1 unspecified atom stereocenters. The van der Waals surface area contributed by atoms with Gasteiger partial charge in [0, 0.05) is 13.1 Å². The molecule has 1 aromatic heterocycles. The Balaban J connectivity index is 3.02. The molecule has 0 aromatic carbocycles. The van der Waals surface area contributed by atoms with E-state index < -0.39 is 10.0 Å². The Hall–Kier alpha value is -0.500. The molecule has 0 spiro atoms. The molecule has 19 heavy (non-hydrogen) atoms. The summed E-state index contributed by atoms with van der Waals surface area (Å²) in [6.45, 7) is 6.96. The minimum Gasteiger partial charge on any atom is -0.389 e. The van der Waals surface area contributed by atoms with E-state index in [4.69, 9.17) is 18.0 Å². The highest BCUT2D eigenvalue weighted by atomic mass is 32.2. The number of rotatable bonds is 7. The van der Waals surface area contributed by atoms with Gasteiger partial charge in [-0.1, -0.05) is 39.4 Å². The monoisotopic (exact) mass is 320 g/mol. The Morgan fingerprint density at radius 3 is 2.53 bits per heavy atom. The van der Waals surface area contributed by atoms with Crippen LogP contribution in [0.4, 0.5) is 0 Å². The lowest BCUT2D eigenvalue weighted by molar-refractivity contribution is 0.362. The van der Waals surface area contributed by atoms with Crippen molar-refractivity contribution in [1.29, 1.82) is 0 Å². The van der Waals surface area contributed by atoms with Crippen LogP contribution in [0.2, 0.25) is 0 Å². The Labute approximate surface area is 124 Å². The minimum absolute atomic E-state index is 0.233. The smallest absolute Gasteiger partial charge is 0.252 e. The summed E-state index contributed by atoms with van der Waals surface area (Å²) >= 11 is 5.99. The van der Waals surface area contributed by atoms with Gasteiger partial charge in [-0.25, -0.2) is 8.42 Å². The Morgan fingerprint density at radius 1 is 1.47 bits per heavy atom. The normalized spacial score (nSPS) is 13.7. The van der Waals surface area contributed by atoms with E-state index in [1.807, 2.05) is 13.8 Å². The van der Waals surface area contributed by atoms with E-state index in [9.17, 15) is 8.42 Å². The molecule has 108 valence electrons. The number of hydrogen-bond acceptors (Lipinski definition) is 4. The van der Waals surface area contributed by atoms with Crippen LogP contribution >= 0.6 is 23.6 Å². The molecule has 0 fully saturated rings. The van der Waals surface area contributed by atoms with Crippen LogP contribution in [0.1, 0.15) is 32.1 Å². The Kier molecular flexibility index (Phi) is 5.91. The first kappa shape index (κ1) is 16.6. The summed E-state index contributed by atoms with van der Waals surface area (Å²) in [5.74, 6) is 0.338. The number of thiophene rings is 1. The largest absolute Gasteiger partial charge is 0.389 e. The summed E-state index contributed by atoms with van der Waals surface area (Å²) < 4.78 is 26.8. The standard InChI is InChI=1S/C12H20N2O2S3/c1-4-9(3)8-14(5-2)19(15,16)11-7-6-10(18-11)12(13)17/h6-7,9H,4-5,8H2,1-3H3,(H2,13,17). The molecule has 0 aliphatic heterocycles. The summed E-state index contributed by atoms with van der Waals surface area (Å²) in [6.07, 6.45) is 0.953. The third-order valence-corrected chi connectivity index (χ3v) is 6.86. The van der Waals surface area contributed by atoms with Crippen molar-refractivity contribution < 1.29 is 8.42 Å². The van der Waals surface area contributed by atoms with Gasteiger partial charge < -0.3 is 5.73 Å². The highest BCUT2D eigenvalue weighted by Crippen LogP contribution is 2.25. The van der Waals surface area contributed by atoms with Crippen molar-refractivity contribution in [2.24, 2.45) is 11.7 Å². The van der Waals surface area contributed by atoms with Crippen LogP contribution in [0.5, 0.6) is 0 Å². The number of nitrogens with zero attached hydrogens (tertiary/aromatic N) is 1. The van der Waals surface area contributed by atoms with E-state index in [0.29, 0.717) is 28.1 Å². The van der Waals surface area contributed by atoms with Gasteiger partial charge in [0.05, 0.1) is 4.88 Å². The highest BCUT2D eigenvalue weighted by molar-refractivity contribution is 7.91. The predicted molar refractivity (Wildman–Crippen MR) is 84.1 cm³/mol. The molecule has 0 aliphatic carbocycles. The van der Waals surface area contributed by atoms with Gasteiger partial charge in [0.15, 0.2) is 0 Å². The minimum atomic E-state index is -3.43. The van der Waals surface area contributed by atoms with Gasteiger partial charge >= 0.3 is 0 Å². The lowest BCUT2D eigenvalue weighted by Crippen LogP contribution is -2.34. The zero-order chi connectivity index (χ0) is 14.6. The lowest BCUT2D eigenvalue weighted by atomic mass is 10.1. The first-order valence-electron chi connectivity index (χ1n) is 6.22. The molecule has 1 aromatic rings. The van der Waals surface area contributed by atoms with Crippen molar-refractivity contribution in [2.45, 2.75) is 31.4 Å². The maximum absolute atomic E-state index is 12.5. The molecule has 0 amide bonds. The van der Waals surface area contributed by atoms with Crippen LogP contribution in [0.15, 0.2) is 16.3 Å². The van der Waals surface area contributed by atoms with Crippen molar-refractivity contribution in [3.63, 3.8) is 0 Å². The van der Waals surface area contributed by atoms with Crippen LogP contribution in [0.3, 0.4) is 0 Å². The average molecular weight is 321 g/mol. The number of nitrogens with two attached hydrogens (primary N) is 1. The average Bonchev–Trinajstić information content (AvgIpc) is 2.85. The summed E-state index contributed by atoms with van der Waals surface area (Å²) in [7, 11) is -3.43. The van der Waals surface area contributed by atoms with Crippen LogP contribution in [-0.4, -0.2) is 30.8 Å². The molecule has 1 heterocycles. The molecule has 1 rings (SSSR count). The van der Waals surface area contributed by atoms with Crippen LogP contribution in [0, 0.1) is 5.92 Å². The third kappa shape index (κ3) is 3.98. The summed E-state index contributed by atoms with van der Waals surface area (Å²) in [6, 6.07) is 3.24. The van der Waals surface area contributed by atoms with Crippen LogP contribution in [-0.2, 0) is 10.0 Å². The molecule has 4 nitrogen and oxygen atoms in total.